The molecule has 1 heterocycles. The lowest BCUT2D eigenvalue weighted by molar-refractivity contribution is 0.0629. The summed E-state index contributed by atoms with van der Waals surface area (Å²) < 4.78 is 0. The van der Waals surface area contributed by atoms with E-state index in [0.29, 0.717) is 28.7 Å². The number of rotatable bonds is 4. The zero-order valence-electron chi connectivity index (χ0n) is 11.2. The highest BCUT2D eigenvalue weighted by Gasteiger charge is 2.24. The molecule has 1 aliphatic rings. The molecule has 0 radical (unpaired) electrons. The summed E-state index contributed by atoms with van der Waals surface area (Å²) in [7, 11) is 0. The Morgan fingerprint density at radius 3 is 2.30 bits per heavy atom. The second-order valence-corrected chi connectivity index (χ2v) is 5.62. The number of amides is 1. The molecule has 110 valence electrons. The minimum Gasteiger partial charge on any atom is -0.396 e. The number of piperazine rings is 1. The van der Waals surface area contributed by atoms with Gasteiger partial charge in [-0.15, -0.1) is 0 Å². The Morgan fingerprint density at radius 2 is 1.75 bits per heavy atom. The molecule has 2 rings (SSSR count). The number of aliphatic hydroxyl groups excluding tert-OH is 1. The number of carbonyl (C=O) groups is 1. The smallest absolute Gasteiger partial charge is 0.256 e. The molecule has 20 heavy (non-hydrogen) atoms. The van der Waals surface area contributed by atoms with Crippen LogP contribution in [0, 0.1) is 0 Å². The first-order chi connectivity index (χ1) is 9.63. The van der Waals surface area contributed by atoms with Gasteiger partial charge in [-0.1, -0.05) is 29.3 Å². The molecule has 0 saturated carbocycles. The highest BCUT2D eigenvalue weighted by molar-refractivity contribution is 6.39. The lowest BCUT2D eigenvalue weighted by Gasteiger charge is -2.34. The van der Waals surface area contributed by atoms with Gasteiger partial charge in [0.1, 0.15) is 0 Å². The summed E-state index contributed by atoms with van der Waals surface area (Å²) in [5.41, 5.74) is 0.389. The molecule has 0 unspecified atom stereocenters. The number of hydrogen-bond donors (Lipinski definition) is 1. The first-order valence-electron chi connectivity index (χ1n) is 6.70. The van der Waals surface area contributed by atoms with Gasteiger partial charge in [0.2, 0.25) is 0 Å². The minimum absolute atomic E-state index is 0.109. The summed E-state index contributed by atoms with van der Waals surface area (Å²) in [6.07, 6.45) is 0.768. The van der Waals surface area contributed by atoms with Crippen LogP contribution in [0.15, 0.2) is 18.2 Å². The van der Waals surface area contributed by atoms with Crippen LogP contribution in [0.25, 0.3) is 0 Å². The van der Waals surface area contributed by atoms with Gasteiger partial charge in [-0.25, -0.2) is 0 Å². The van der Waals surface area contributed by atoms with Crippen LogP contribution in [0.2, 0.25) is 10.0 Å². The van der Waals surface area contributed by atoms with Crippen molar-refractivity contribution in [1.29, 1.82) is 0 Å². The van der Waals surface area contributed by atoms with Crippen molar-refractivity contribution in [1.82, 2.24) is 9.80 Å². The molecule has 1 saturated heterocycles. The van der Waals surface area contributed by atoms with Crippen LogP contribution in [-0.4, -0.2) is 60.1 Å². The maximum atomic E-state index is 12.5. The van der Waals surface area contributed by atoms with Crippen LogP contribution < -0.4 is 0 Å². The predicted molar refractivity (Wildman–Crippen MR) is 80.5 cm³/mol. The van der Waals surface area contributed by atoms with Gasteiger partial charge in [0.25, 0.3) is 5.91 Å². The molecule has 4 nitrogen and oxygen atoms in total. The Kier molecular flexibility index (Phi) is 5.66. The molecule has 1 aromatic rings. The van der Waals surface area contributed by atoms with Crippen LogP contribution in [0.3, 0.4) is 0 Å². The third-order valence-electron chi connectivity index (χ3n) is 3.47. The lowest BCUT2D eigenvalue weighted by atomic mass is 10.1. The van der Waals surface area contributed by atoms with Crippen molar-refractivity contribution in [2.75, 3.05) is 39.3 Å². The van der Waals surface area contributed by atoms with Gasteiger partial charge in [-0.05, 0) is 18.6 Å². The molecular formula is C14H18Cl2N2O2. The van der Waals surface area contributed by atoms with Crippen molar-refractivity contribution in [2.45, 2.75) is 6.42 Å². The standard InChI is InChI=1S/C14H18Cl2N2O2/c15-11-3-1-4-12(16)13(11)14(20)18-8-6-17(7-9-18)5-2-10-19/h1,3-4,19H,2,5-10H2. The molecule has 1 amide bonds. The molecule has 0 atom stereocenters. The molecule has 1 N–H and O–H groups in total. The van der Waals surface area contributed by atoms with E-state index in [1.54, 1.807) is 23.1 Å². The van der Waals surface area contributed by atoms with Crippen molar-refractivity contribution >= 4 is 29.1 Å². The second-order valence-electron chi connectivity index (χ2n) is 4.81. The molecule has 0 bridgehead atoms. The highest BCUT2D eigenvalue weighted by Crippen LogP contribution is 2.26. The summed E-state index contributed by atoms with van der Waals surface area (Å²) >= 11 is 12.1. The Morgan fingerprint density at radius 1 is 1.15 bits per heavy atom. The average molecular weight is 317 g/mol. The van der Waals surface area contributed by atoms with Gasteiger partial charge >= 0.3 is 0 Å². The largest absolute Gasteiger partial charge is 0.396 e. The molecule has 0 aromatic heterocycles. The van der Waals surface area contributed by atoms with Crippen molar-refractivity contribution in [3.8, 4) is 0 Å². The SMILES string of the molecule is O=C(c1c(Cl)cccc1Cl)N1CCN(CCCO)CC1. The molecule has 1 aromatic carbocycles. The van der Waals surface area contributed by atoms with E-state index in [-0.39, 0.29) is 12.5 Å². The van der Waals surface area contributed by atoms with Crippen molar-refractivity contribution < 1.29 is 9.90 Å². The van der Waals surface area contributed by atoms with E-state index in [9.17, 15) is 4.79 Å². The Hall–Kier alpha value is -0.810. The van der Waals surface area contributed by atoms with E-state index >= 15 is 0 Å². The van der Waals surface area contributed by atoms with Crippen LogP contribution in [-0.2, 0) is 0 Å². The molecule has 1 fully saturated rings. The van der Waals surface area contributed by atoms with Gasteiger partial charge < -0.3 is 10.0 Å². The summed E-state index contributed by atoms with van der Waals surface area (Å²) in [5, 5.41) is 9.61. The normalized spacial score (nSPS) is 16.4. The van der Waals surface area contributed by atoms with Crippen LogP contribution in [0.4, 0.5) is 0 Å². The van der Waals surface area contributed by atoms with Crippen molar-refractivity contribution in [2.24, 2.45) is 0 Å². The first-order valence-corrected chi connectivity index (χ1v) is 7.45. The van der Waals surface area contributed by atoms with Crippen molar-refractivity contribution in [3.63, 3.8) is 0 Å². The van der Waals surface area contributed by atoms with Crippen LogP contribution in [0.1, 0.15) is 16.8 Å². The van der Waals surface area contributed by atoms with Crippen molar-refractivity contribution in [3.05, 3.63) is 33.8 Å². The third-order valence-corrected chi connectivity index (χ3v) is 4.10. The lowest BCUT2D eigenvalue weighted by Crippen LogP contribution is -2.49. The fraction of sp³-hybridized carbons (Fsp3) is 0.500. The fourth-order valence-corrected chi connectivity index (χ4v) is 2.89. The maximum absolute atomic E-state index is 12.5. The van der Waals surface area contributed by atoms with Crippen LogP contribution in [0.5, 0.6) is 0 Å². The topological polar surface area (TPSA) is 43.8 Å². The van der Waals surface area contributed by atoms with E-state index in [0.717, 1.165) is 26.1 Å². The number of aliphatic hydroxyl groups is 1. The maximum Gasteiger partial charge on any atom is 0.256 e. The molecule has 0 spiro atoms. The number of halogens is 2. The average Bonchev–Trinajstić information content (AvgIpc) is 2.45. The molecule has 0 aliphatic carbocycles. The summed E-state index contributed by atoms with van der Waals surface area (Å²) in [6, 6.07) is 5.09. The highest BCUT2D eigenvalue weighted by atomic mass is 35.5. The molecular weight excluding hydrogens is 299 g/mol. The zero-order valence-corrected chi connectivity index (χ0v) is 12.7. The Labute approximate surface area is 128 Å². The van der Waals surface area contributed by atoms with Gasteiger partial charge in [0, 0.05) is 39.3 Å². The second kappa shape index (κ2) is 7.27. The van der Waals surface area contributed by atoms with E-state index in [1.165, 1.54) is 0 Å². The van der Waals surface area contributed by atoms with Crippen LogP contribution >= 0.6 is 23.2 Å². The molecule has 1 aliphatic heterocycles. The minimum atomic E-state index is -0.109. The Bertz CT molecular complexity index is 454. The number of carbonyl (C=O) groups excluding carboxylic acids is 1. The van der Waals surface area contributed by atoms with Gasteiger partial charge in [-0.2, -0.15) is 0 Å². The number of benzene rings is 1. The monoisotopic (exact) mass is 316 g/mol. The quantitative estimate of drug-likeness (QED) is 0.925. The summed E-state index contributed by atoms with van der Waals surface area (Å²) in [6.45, 7) is 4.01. The zero-order chi connectivity index (χ0) is 14.5. The third kappa shape index (κ3) is 3.64. The van der Waals surface area contributed by atoms with E-state index in [1.807, 2.05) is 0 Å². The van der Waals surface area contributed by atoms with Gasteiger partial charge in [0.15, 0.2) is 0 Å². The van der Waals surface area contributed by atoms with E-state index in [4.69, 9.17) is 28.3 Å². The van der Waals surface area contributed by atoms with Gasteiger partial charge in [-0.3, -0.25) is 9.69 Å². The Balaban J connectivity index is 1.98. The predicted octanol–water partition coefficient (Wildman–Crippen LogP) is 2.13. The van der Waals surface area contributed by atoms with Gasteiger partial charge in [0.05, 0.1) is 15.6 Å². The summed E-state index contributed by atoms with van der Waals surface area (Å²) in [4.78, 5) is 16.5. The molecule has 6 heteroatoms. The fourth-order valence-electron chi connectivity index (χ4n) is 2.33. The van der Waals surface area contributed by atoms with E-state index < -0.39 is 0 Å². The first kappa shape index (κ1) is 15.6. The summed E-state index contributed by atoms with van der Waals surface area (Å²) in [5.74, 6) is -0.109. The number of hydrogen-bond acceptors (Lipinski definition) is 3. The number of nitrogens with zero attached hydrogens (tertiary/aromatic N) is 2. The van der Waals surface area contributed by atoms with E-state index in [2.05, 4.69) is 4.90 Å².